The fourth-order valence-corrected chi connectivity index (χ4v) is 3.11. The monoisotopic (exact) mass is 261 g/mol. The summed E-state index contributed by atoms with van der Waals surface area (Å²) >= 11 is 0. The van der Waals surface area contributed by atoms with E-state index < -0.39 is 10.0 Å². The summed E-state index contributed by atoms with van der Waals surface area (Å²) in [5.74, 6) is -0.229. The fraction of sp³-hybridized carbons (Fsp3) is 0.778. The lowest BCUT2D eigenvalue weighted by Crippen LogP contribution is -2.48. The molecule has 3 amide bonds. The molecule has 0 saturated carbocycles. The molecule has 0 atom stereocenters. The highest BCUT2D eigenvalue weighted by Gasteiger charge is 2.37. The lowest BCUT2D eigenvalue weighted by atomic mass is 10.1. The van der Waals surface area contributed by atoms with Crippen molar-refractivity contribution in [1.29, 1.82) is 0 Å². The molecule has 0 aromatic carbocycles. The molecule has 2 aliphatic heterocycles. The van der Waals surface area contributed by atoms with Gasteiger partial charge in [0.25, 0.3) is 0 Å². The van der Waals surface area contributed by atoms with Gasteiger partial charge in [0.2, 0.25) is 15.9 Å². The van der Waals surface area contributed by atoms with Crippen molar-refractivity contribution in [2.75, 3.05) is 25.9 Å². The number of hydrogen-bond donors (Lipinski definition) is 1. The van der Waals surface area contributed by atoms with Gasteiger partial charge in [-0.25, -0.2) is 17.5 Å². The van der Waals surface area contributed by atoms with Crippen LogP contribution < -0.4 is 5.32 Å². The van der Waals surface area contributed by atoms with Gasteiger partial charge in [-0.05, 0) is 12.8 Å². The van der Waals surface area contributed by atoms with E-state index in [0.29, 0.717) is 25.9 Å². The summed E-state index contributed by atoms with van der Waals surface area (Å²) < 4.78 is 24.0. The van der Waals surface area contributed by atoms with Crippen LogP contribution in [0.3, 0.4) is 0 Å². The molecule has 96 valence electrons. The quantitative estimate of drug-likeness (QED) is 0.643. The summed E-state index contributed by atoms with van der Waals surface area (Å²) in [7, 11) is -3.17. The Kier molecular flexibility index (Phi) is 3.09. The number of hydrogen-bond acceptors (Lipinski definition) is 4. The zero-order valence-electron chi connectivity index (χ0n) is 9.55. The van der Waals surface area contributed by atoms with Gasteiger partial charge in [0.15, 0.2) is 0 Å². The molecule has 0 radical (unpaired) electrons. The highest BCUT2D eigenvalue weighted by atomic mass is 32.2. The van der Waals surface area contributed by atoms with Crippen molar-refractivity contribution in [3.8, 4) is 0 Å². The second kappa shape index (κ2) is 4.26. The van der Waals surface area contributed by atoms with Gasteiger partial charge in [0.05, 0.1) is 12.8 Å². The van der Waals surface area contributed by atoms with Crippen molar-refractivity contribution in [1.82, 2.24) is 14.5 Å². The van der Waals surface area contributed by atoms with Gasteiger partial charge in [-0.1, -0.05) is 0 Å². The first-order valence-electron chi connectivity index (χ1n) is 5.44. The summed E-state index contributed by atoms with van der Waals surface area (Å²) in [5, 5.41) is 2.46. The van der Waals surface area contributed by atoms with Gasteiger partial charge < -0.3 is 5.32 Å². The Morgan fingerprint density at radius 2 is 1.82 bits per heavy atom. The topological polar surface area (TPSA) is 86.8 Å². The summed E-state index contributed by atoms with van der Waals surface area (Å²) in [6.45, 7) is 0.770. The number of imide groups is 1. The van der Waals surface area contributed by atoms with Gasteiger partial charge in [-0.15, -0.1) is 0 Å². The maximum absolute atomic E-state index is 11.5. The van der Waals surface area contributed by atoms with Crippen molar-refractivity contribution in [2.45, 2.75) is 18.9 Å². The van der Waals surface area contributed by atoms with E-state index >= 15 is 0 Å². The molecule has 8 heteroatoms. The van der Waals surface area contributed by atoms with Crippen LogP contribution in [0, 0.1) is 0 Å². The number of sulfonamides is 1. The molecular weight excluding hydrogens is 246 g/mol. The van der Waals surface area contributed by atoms with Crippen molar-refractivity contribution < 1.29 is 18.0 Å². The van der Waals surface area contributed by atoms with Crippen LogP contribution in [-0.2, 0) is 14.8 Å². The number of nitrogens with one attached hydrogen (secondary N) is 1. The molecule has 1 N–H and O–H groups in total. The van der Waals surface area contributed by atoms with Crippen molar-refractivity contribution in [3.05, 3.63) is 0 Å². The third-order valence-corrected chi connectivity index (χ3v) is 4.44. The third kappa shape index (κ3) is 2.42. The highest BCUT2D eigenvalue weighted by molar-refractivity contribution is 7.88. The minimum absolute atomic E-state index is 0.0468. The van der Waals surface area contributed by atoms with Crippen LogP contribution in [0.4, 0.5) is 4.79 Å². The molecule has 0 spiro atoms. The van der Waals surface area contributed by atoms with E-state index in [1.54, 1.807) is 0 Å². The van der Waals surface area contributed by atoms with Crippen molar-refractivity contribution >= 4 is 22.0 Å². The van der Waals surface area contributed by atoms with Crippen LogP contribution >= 0.6 is 0 Å². The van der Waals surface area contributed by atoms with Gasteiger partial charge in [-0.3, -0.25) is 9.69 Å². The van der Waals surface area contributed by atoms with Crippen molar-refractivity contribution in [3.63, 3.8) is 0 Å². The van der Waals surface area contributed by atoms with Crippen molar-refractivity contribution in [2.24, 2.45) is 0 Å². The molecule has 0 aliphatic carbocycles. The normalized spacial score (nSPS) is 24.2. The number of rotatable bonds is 2. The van der Waals surface area contributed by atoms with Gasteiger partial charge >= 0.3 is 6.03 Å². The number of amides is 3. The molecule has 2 heterocycles. The van der Waals surface area contributed by atoms with Crippen LogP contribution in [0.2, 0.25) is 0 Å². The zero-order valence-corrected chi connectivity index (χ0v) is 10.4. The van der Waals surface area contributed by atoms with Crippen LogP contribution in [0.5, 0.6) is 0 Å². The Morgan fingerprint density at radius 1 is 1.24 bits per heavy atom. The third-order valence-electron chi connectivity index (χ3n) is 3.14. The van der Waals surface area contributed by atoms with Crippen LogP contribution in [0.25, 0.3) is 0 Å². The van der Waals surface area contributed by atoms with E-state index in [4.69, 9.17) is 0 Å². The minimum atomic E-state index is -3.17. The second-order valence-corrected chi connectivity index (χ2v) is 6.30. The summed E-state index contributed by atoms with van der Waals surface area (Å²) in [6.07, 6.45) is 2.18. The molecule has 2 rings (SSSR count). The molecule has 2 fully saturated rings. The molecule has 2 aliphatic rings. The maximum atomic E-state index is 11.5. The van der Waals surface area contributed by atoms with E-state index in [2.05, 4.69) is 5.32 Å². The second-order valence-electron chi connectivity index (χ2n) is 4.32. The van der Waals surface area contributed by atoms with E-state index in [1.807, 2.05) is 0 Å². The average molecular weight is 261 g/mol. The zero-order chi connectivity index (χ0) is 12.6. The first kappa shape index (κ1) is 12.3. The number of urea groups is 1. The van der Waals surface area contributed by atoms with Gasteiger partial charge in [0.1, 0.15) is 0 Å². The summed E-state index contributed by atoms with van der Waals surface area (Å²) in [5.41, 5.74) is 0. The lowest BCUT2D eigenvalue weighted by Gasteiger charge is -2.33. The molecule has 0 unspecified atom stereocenters. The number of nitrogens with zero attached hydrogens (tertiary/aromatic N) is 2. The van der Waals surface area contributed by atoms with E-state index in [1.165, 1.54) is 15.5 Å². The standard InChI is InChI=1S/C9H15N3O4S/c1-17(15,16)11-4-2-7(3-5-11)12-8(13)6-10-9(12)14/h7H,2-6H2,1H3,(H,10,14). The minimum Gasteiger partial charge on any atom is -0.329 e. The predicted octanol–water partition coefficient (Wildman–Crippen LogP) is -1.04. The predicted molar refractivity (Wildman–Crippen MR) is 59.7 cm³/mol. The Hall–Kier alpha value is -1.15. The first-order chi connectivity index (χ1) is 7.89. The van der Waals surface area contributed by atoms with Crippen LogP contribution in [0.15, 0.2) is 0 Å². The largest absolute Gasteiger partial charge is 0.329 e. The van der Waals surface area contributed by atoms with E-state index in [9.17, 15) is 18.0 Å². The lowest BCUT2D eigenvalue weighted by molar-refractivity contribution is -0.127. The Bertz CT molecular complexity index is 423. The SMILES string of the molecule is CS(=O)(=O)N1CCC(N2C(=O)CNC2=O)CC1. The Labute approximate surface area is 99.8 Å². The fourth-order valence-electron chi connectivity index (χ4n) is 2.24. The van der Waals surface area contributed by atoms with Crippen LogP contribution in [-0.4, -0.2) is 61.5 Å². The summed E-state index contributed by atoms with van der Waals surface area (Å²) in [6, 6.07) is -0.546. The van der Waals surface area contributed by atoms with Crippen LogP contribution in [0.1, 0.15) is 12.8 Å². The van der Waals surface area contributed by atoms with Gasteiger partial charge in [0, 0.05) is 19.1 Å². The molecule has 0 aromatic heterocycles. The Balaban J connectivity index is 2.00. The van der Waals surface area contributed by atoms with Gasteiger partial charge in [-0.2, -0.15) is 0 Å². The molecule has 2 saturated heterocycles. The highest BCUT2D eigenvalue weighted by Crippen LogP contribution is 2.20. The molecule has 7 nitrogen and oxygen atoms in total. The molecule has 0 aromatic rings. The number of carbonyl (C=O) groups excluding carboxylic acids is 2. The molecular formula is C9H15N3O4S. The maximum Gasteiger partial charge on any atom is 0.324 e. The smallest absolute Gasteiger partial charge is 0.324 e. The first-order valence-corrected chi connectivity index (χ1v) is 7.29. The average Bonchev–Trinajstić information content (AvgIpc) is 2.58. The number of piperidine rings is 1. The molecule has 17 heavy (non-hydrogen) atoms. The van der Waals surface area contributed by atoms with E-state index in [-0.39, 0.29) is 24.5 Å². The number of carbonyl (C=O) groups is 2. The van der Waals surface area contributed by atoms with E-state index in [0.717, 1.165) is 0 Å². The molecule has 0 bridgehead atoms. The summed E-state index contributed by atoms with van der Waals surface area (Å²) in [4.78, 5) is 24.1. The Morgan fingerprint density at radius 3 is 2.24 bits per heavy atom.